The maximum Gasteiger partial charge on any atom is 0.250 e. The zero-order valence-corrected chi connectivity index (χ0v) is 16.3. The Hall–Kier alpha value is -2.13. The molecule has 1 fully saturated rings. The van der Waals surface area contributed by atoms with Crippen molar-refractivity contribution in [2.24, 2.45) is 5.92 Å². The Bertz CT molecular complexity index is 901. The zero-order chi connectivity index (χ0) is 19.4. The molecule has 2 atom stereocenters. The second-order valence-corrected chi connectivity index (χ2v) is 8.65. The number of halogens is 1. The van der Waals surface area contributed by atoms with E-state index in [1.165, 1.54) is 0 Å². The van der Waals surface area contributed by atoms with Crippen LogP contribution in [0.25, 0.3) is 0 Å². The summed E-state index contributed by atoms with van der Waals surface area (Å²) in [5, 5.41) is 2.31. The molecule has 0 spiro atoms. The van der Waals surface area contributed by atoms with Crippen molar-refractivity contribution in [1.29, 1.82) is 0 Å². The van der Waals surface area contributed by atoms with E-state index in [0.29, 0.717) is 17.3 Å². The molecule has 2 aromatic rings. The average molecular weight is 409 g/mol. The lowest BCUT2D eigenvalue weighted by molar-refractivity contribution is -0.124. The number of hydrazine groups is 1. The second-order valence-electron chi connectivity index (χ2n) is 6.41. The Kier molecular flexibility index (Phi) is 6.01. The molecule has 7 nitrogen and oxygen atoms in total. The van der Waals surface area contributed by atoms with Gasteiger partial charge in [-0.15, -0.1) is 0 Å². The number of anilines is 1. The van der Waals surface area contributed by atoms with E-state index < -0.39 is 21.3 Å². The number of carbonyl (C=O) groups is 1. The number of hydrogen-bond donors (Lipinski definition) is 4. The van der Waals surface area contributed by atoms with E-state index >= 15 is 0 Å². The average Bonchev–Trinajstić information content (AvgIpc) is 3.14. The molecule has 1 aliphatic rings. The summed E-state index contributed by atoms with van der Waals surface area (Å²) in [5.74, 6) is -1.11. The first-order chi connectivity index (χ1) is 12.8. The quantitative estimate of drug-likeness (QED) is 0.583. The van der Waals surface area contributed by atoms with Gasteiger partial charge in [-0.1, -0.05) is 41.4 Å². The van der Waals surface area contributed by atoms with Gasteiger partial charge in [0.05, 0.1) is 5.92 Å². The van der Waals surface area contributed by atoms with Crippen LogP contribution in [0.5, 0.6) is 0 Å². The number of sulfonamides is 1. The summed E-state index contributed by atoms with van der Waals surface area (Å²) in [5.41, 5.74) is 7.81. The zero-order valence-electron chi connectivity index (χ0n) is 14.7. The minimum atomic E-state index is -3.81. The molecule has 0 radical (unpaired) electrons. The molecular weight excluding hydrogens is 388 g/mol. The van der Waals surface area contributed by atoms with Gasteiger partial charge in [0.15, 0.2) is 5.37 Å². The third kappa shape index (κ3) is 4.98. The molecule has 0 saturated carbocycles. The second kappa shape index (κ2) is 8.26. The Morgan fingerprint density at radius 2 is 1.81 bits per heavy atom. The van der Waals surface area contributed by atoms with E-state index in [4.69, 9.17) is 11.6 Å². The molecule has 0 aliphatic carbocycles. The first kappa shape index (κ1) is 19.6. The van der Waals surface area contributed by atoms with Crippen molar-refractivity contribution in [3.8, 4) is 0 Å². The number of rotatable bonds is 6. The molecule has 2 unspecified atom stereocenters. The van der Waals surface area contributed by atoms with Crippen LogP contribution in [0.3, 0.4) is 0 Å². The molecule has 4 N–H and O–H groups in total. The van der Waals surface area contributed by atoms with E-state index in [1.807, 2.05) is 19.1 Å². The van der Waals surface area contributed by atoms with Crippen LogP contribution in [-0.4, -0.2) is 26.2 Å². The molecule has 1 aliphatic heterocycles. The lowest BCUT2D eigenvalue weighted by Gasteiger charge is -2.19. The van der Waals surface area contributed by atoms with Crippen molar-refractivity contribution < 1.29 is 13.2 Å². The SMILES string of the molecule is Cc1ccc(NS(=O)(=O)C2NNCC2C(=O)NCc2ccc(Cl)cc2)cc1. The number of hydrogen-bond acceptors (Lipinski definition) is 5. The third-order valence-electron chi connectivity index (χ3n) is 4.29. The van der Waals surface area contributed by atoms with Crippen LogP contribution in [-0.2, 0) is 21.4 Å². The fourth-order valence-corrected chi connectivity index (χ4v) is 4.38. The molecule has 3 rings (SSSR count). The standard InChI is InChI=1S/C18H21ClN4O3S/c1-12-2-8-15(9-3-12)23-27(25,26)18-16(11-21-22-18)17(24)20-10-13-4-6-14(19)7-5-13/h2-9,16,18,21-23H,10-11H2,1H3,(H,20,24). The van der Waals surface area contributed by atoms with Crippen LogP contribution >= 0.6 is 11.6 Å². The van der Waals surface area contributed by atoms with E-state index in [9.17, 15) is 13.2 Å². The summed E-state index contributed by atoms with van der Waals surface area (Å²) in [6.45, 7) is 2.43. The molecule has 0 bridgehead atoms. The van der Waals surface area contributed by atoms with Gasteiger partial charge in [0.25, 0.3) is 10.0 Å². The van der Waals surface area contributed by atoms with Crippen molar-refractivity contribution in [3.05, 3.63) is 64.7 Å². The van der Waals surface area contributed by atoms with Gasteiger partial charge in [0.1, 0.15) is 0 Å². The minimum Gasteiger partial charge on any atom is -0.352 e. The lowest BCUT2D eigenvalue weighted by atomic mass is 10.1. The van der Waals surface area contributed by atoms with Crippen molar-refractivity contribution in [3.63, 3.8) is 0 Å². The third-order valence-corrected chi connectivity index (χ3v) is 6.18. The number of amides is 1. The fourth-order valence-electron chi connectivity index (χ4n) is 2.77. The molecule has 27 heavy (non-hydrogen) atoms. The van der Waals surface area contributed by atoms with E-state index in [2.05, 4.69) is 20.9 Å². The van der Waals surface area contributed by atoms with Gasteiger partial charge in [0, 0.05) is 23.8 Å². The Morgan fingerprint density at radius 1 is 1.15 bits per heavy atom. The van der Waals surface area contributed by atoms with E-state index in [1.54, 1.807) is 36.4 Å². The molecule has 0 aromatic heterocycles. The highest BCUT2D eigenvalue weighted by Gasteiger charge is 2.41. The van der Waals surface area contributed by atoms with Crippen molar-refractivity contribution >= 4 is 33.2 Å². The monoisotopic (exact) mass is 408 g/mol. The largest absolute Gasteiger partial charge is 0.352 e. The molecule has 144 valence electrons. The molecule has 1 amide bonds. The maximum absolute atomic E-state index is 12.7. The molecule has 2 aromatic carbocycles. The molecular formula is C18H21ClN4O3S. The predicted octanol–water partition coefficient (Wildman–Crippen LogP) is 1.76. The van der Waals surface area contributed by atoms with Gasteiger partial charge in [-0.05, 0) is 36.8 Å². The van der Waals surface area contributed by atoms with Gasteiger partial charge in [-0.25, -0.2) is 13.8 Å². The van der Waals surface area contributed by atoms with Gasteiger partial charge < -0.3 is 5.32 Å². The first-order valence-electron chi connectivity index (χ1n) is 8.44. The van der Waals surface area contributed by atoms with Gasteiger partial charge in [0.2, 0.25) is 5.91 Å². The summed E-state index contributed by atoms with van der Waals surface area (Å²) in [6, 6.07) is 14.1. The Morgan fingerprint density at radius 3 is 2.48 bits per heavy atom. The molecule has 1 saturated heterocycles. The maximum atomic E-state index is 12.7. The number of aryl methyl sites for hydroxylation is 1. The summed E-state index contributed by atoms with van der Waals surface area (Å²) < 4.78 is 27.9. The predicted molar refractivity (Wildman–Crippen MR) is 105 cm³/mol. The summed E-state index contributed by atoms with van der Waals surface area (Å²) in [7, 11) is -3.81. The van der Waals surface area contributed by atoms with Gasteiger partial charge in [-0.3, -0.25) is 14.9 Å². The first-order valence-corrected chi connectivity index (χ1v) is 10.4. The smallest absolute Gasteiger partial charge is 0.250 e. The highest BCUT2D eigenvalue weighted by Crippen LogP contribution is 2.19. The van der Waals surface area contributed by atoms with Gasteiger partial charge >= 0.3 is 0 Å². The molecule has 1 heterocycles. The van der Waals surface area contributed by atoms with Crippen LogP contribution in [0.2, 0.25) is 5.02 Å². The topological polar surface area (TPSA) is 99.3 Å². The van der Waals surface area contributed by atoms with Crippen LogP contribution in [0, 0.1) is 12.8 Å². The van der Waals surface area contributed by atoms with E-state index in [-0.39, 0.29) is 12.5 Å². The number of carbonyl (C=O) groups excluding carboxylic acids is 1. The van der Waals surface area contributed by atoms with Crippen LogP contribution in [0.15, 0.2) is 48.5 Å². The number of benzene rings is 2. The van der Waals surface area contributed by atoms with Crippen LogP contribution < -0.4 is 20.9 Å². The van der Waals surface area contributed by atoms with E-state index in [0.717, 1.165) is 11.1 Å². The summed E-state index contributed by atoms with van der Waals surface area (Å²) >= 11 is 5.84. The minimum absolute atomic E-state index is 0.214. The van der Waals surface area contributed by atoms with Crippen molar-refractivity contribution in [1.82, 2.24) is 16.2 Å². The normalized spacial score (nSPS) is 19.6. The Balaban J connectivity index is 1.65. The summed E-state index contributed by atoms with van der Waals surface area (Å²) in [4.78, 5) is 12.5. The highest BCUT2D eigenvalue weighted by molar-refractivity contribution is 7.93. The summed E-state index contributed by atoms with van der Waals surface area (Å²) in [6.07, 6.45) is 0. The lowest BCUT2D eigenvalue weighted by Crippen LogP contribution is -2.46. The Labute approximate surface area is 163 Å². The van der Waals surface area contributed by atoms with Crippen LogP contribution in [0.1, 0.15) is 11.1 Å². The highest BCUT2D eigenvalue weighted by atomic mass is 35.5. The number of nitrogens with one attached hydrogen (secondary N) is 4. The van der Waals surface area contributed by atoms with Crippen LogP contribution in [0.4, 0.5) is 5.69 Å². The van der Waals surface area contributed by atoms with Crippen molar-refractivity contribution in [2.45, 2.75) is 18.8 Å². The fraction of sp³-hybridized carbons (Fsp3) is 0.278. The van der Waals surface area contributed by atoms with Crippen molar-refractivity contribution in [2.75, 3.05) is 11.3 Å². The molecule has 9 heteroatoms. The van der Waals surface area contributed by atoms with Gasteiger partial charge in [-0.2, -0.15) is 0 Å².